The highest BCUT2D eigenvalue weighted by Gasteiger charge is 2.16. The Morgan fingerprint density at radius 2 is 2.22 bits per heavy atom. The molecule has 3 heteroatoms. The standard InChI is InChI=1S/C15H13NO2/c1-10-9-16-6-4-13(10)15(17)12-2-3-14-11(8-12)5-7-18-14/h2-4,6,8-9H,5,7H2,1H3. The first kappa shape index (κ1) is 11.0. The quantitative estimate of drug-likeness (QED) is 0.756. The number of rotatable bonds is 2. The topological polar surface area (TPSA) is 39.2 Å². The number of fused-ring (bicyclic) bond motifs is 1. The van der Waals surface area contributed by atoms with E-state index in [4.69, 9.17) is 4.74 Å². The van der Waals surface area contributed by atoms with E-state index in [1.54, 1.807) is 18.5 Å². The molecule has 0 unspecified atom stereocenters. The second-order valence-electron chi connectivity index (χ2n) is 4.44. The first-order chi connectivity index (χ1) is 8.75. The van der Waals surface area contributed by atoms with Crippen LogP contribution in [0.5, 0.6) is 5.75 Å². The summed E-state index contributed by atoms with van der Waals surface area (Å²) in [4.78, 5) is 16.4. The number of pyridine rings is 1. The smallest absolute Gasteiger partial charge is 0.193 e. The summed E-state index contributed by atoms with van der Waals surface area (Å²) >= 11 is 0. The van der Waals surface area contributed by atoms with Crippen molar-refractivity contribution in [2.75, 3.05) is 6.61 Å². The summed E-state index contributed by atoms with van der Waals surface area (Å²) in [7, 11) is 0. The first-order valence-electron chi connectivity index (χ1n) is 5.97. The van der Waals surface area contributed by atoms with E-state index in [0.29, 0.717) is 17.7 Å². The van der Waals surface area contributed by atoms with Crippen LogP contribution in [-0.4, -0.2) is 17.4 Å². The number of aryl methyl sites for hydroxylation is 1. The van der Waals surface area contributed by atoms with Crippen LogP contribution in [0.1, 0.15) is 27.0 Å². The van der Waals surface area contributed by atoms with Gasteiger partial charge in [0.2, 0.25) is 0 Å². The maximum Gasteiger partial charge on any atom is 0.193 e. The number of hydrogen-bond donors (Lipinski definition) is 0. The van der Waals surface area contributed by atoms with E-state index in [1.165, 1.54) is 0 Å². The number of hydrogen-bond acceptors (Lipinski definition) is 3. The summed E-state index contributed by atoms with van der Waals surface area (Å²) in [5.74, 6) is 0.947. The van der Waals surface area contributed by atoms with Crippen LogP contribution in [0, 0.1) is 6.92 Å². The van der Waals surface area contributed by atoms with Gasteiger partial charge in [-0.1, -0.05) is 0 Å². The number of nitrogens with zero attached hydrogens (tertiary/aromatic N) is 1. The average molecular weight is 239 g/mol. The lowest BCUT2D eigenvalue weighted by Crippen LogP contribution is -2.04. The monoisotopic (exact) mass is 239 g/mol. The van der Waals surface area contributed by atoms with Crippen LogP contribution in [-0.2, 0) is 6.42 Å². The molecule has 0 saturated heterocycles. The van der Waals surface area contributed by atoms with Crippen molar-refractivity contribution in [2.45, 2.75) is 13.3 Å². The highest BCUT2D eigenvalue weighted by atomic mass is 16.5. The molecule has 90 valence electrons. The fourth-order valence-corrected chi connectivity index (χ4v) is 2.21. The van der Waals surface area contributed by atoms with Crippen LogP contribution in [0.4, 0.5) is 0 Å². The molecule has 3 rings (SSSR count). The van der Waals surface area contributed by atoms with Gasteiger partial charge in [-0.15, -0.1) is 0 Å². The predicted octanol–water partition coefficient (Wildman–Crippen LogP) is 2.56. The van der Waals surface area contributed by atoms with E-state index in [-0.39, 0.29) is 5.78 Å². The van der Waals surface area contributed by atoms with Crippen molar-refractivity contribution in [3.05, 3.63) is 58.9 Å². The number of benzene rings is 1. The highest BCUT2D eigenvalue weighted by molar-refractivity contribution is 6.10. The van der Waals surface area contributed by atoms with Crippen molar-refractivity contribution in [3.8, 4) is 5.75 Å². The normalized spacial score (nSPS) is 12.9. The maximum atomic E-state index is 12.4. The average Bonchev–Trinajstić information content (AvgIpc) is 2.85. The van der Waals surface area contributed by atoms with E-state index in [1.807, 2.05) is 25.1 Å². The second kappa shape index (κ2) is 4.26. The molecule has 0 bridgehead atoms. The zero-order chi connectivity index (χ0) is 12.5. The first-order valence-corrected chi connectivity index (χ1v) is 5.97. The number of aromatic nitrogens is 1. The molecule has 1 aromatic carbocycles. The van der Waals surface area contributed by atoms with Gasteiger partial charge >= 0.3 is 0 Å². The van der Waals surface area contributed by atoms with Crippen LogP contribution in [0.15, 0.2) is 36.7 Å². The molecule has 0 N–H and O–H groups in total. The molecular formula is C15H13NO2. The molecule has 0 saturated carbocycles. The Balaban J connectivity index is 2.01. The molecule has 2 aromatic rings. The summed E-state index contributed by atoms with van der Waals surface area (Å²) in [6.45, 7) is 2.61. The van der Waals surface area contributed by atoms with Crippen LogP contribution in [0.2, 0.25) is 0 Å². The van der Waals surface area contributed by atoms with Gasteiger partial charge in [-0.05, 0) is 42.3 Å². The minimum absolute atomic E-state index is 0.0459. The van der Waals surface area contributed by atoms with Gasteiger partial charge in [-0.25, -0.2) is 0 Å². The molecule has 0 fully saturated rings. The number of ketones is 1. The van der Waals surface area contributed by atoms with Gasteiger partial charge in [-0.2, -0.15) is 0 Å². The largest absolute Gasteiger partial charge is 0.493 e. The van der Waals surface area contributed by atoms with E-state index in [2.05, 4.69) is 4.98 Å². The van der Waals surface area contributed by atoms with Crippen LogP contribution >= 0.6 is 0 Å². The molecule has 0 atom stereocenters. The number of carbonyl (C=O) groups excluding carboxylic acids is 1. The van der Waals surface area contributed by atoms with Crippen molar-refractivity contribution >= 4 is 5.78 Å². The third-order valence-corrected chi connectivity index (χ3v) is 3.22. The minimum Gasteiger partial charge on any atom is -0.493 e. The zero-order valence-electron chi connectivity index (χ0n) is 10.1. The summed E-state index contributed by atoms with van der Waals surface area (Å²) in [5.41, 5.74) is 3.45. The number of ether oxygens (including phenoxy) is 1. The SMILES string of the molecule is Cc1cnccc1C(=O)c1ccc2c(c1)CCO2. The minimum atomic E-state index is 0.0459. The lowest BCUT2D eigenvalue weighted by molar-refractivity contribution is 0.103. The molecule has 0 aliphatic carbocycles. The Hall–Kier alpha value is -2.16. The molecule has 1 aliphatic rings. The van der Waals surface area contributed by atoms with E-state index in [9.17, 15) is 4.79 Å². The lowest BCUT2D eigenvalue weighted by Gasteiger charge is -2.05. The van der Waals surface area contributed by atoms with Crippen molar-refractivity contribution in [1.82, 2.24) is 4.98 Å². The van der Waals surface area contributed by atoms with E-state index < -0.39 is 0 Å². The third kappa shape index (κ3) is 1.78. The molecule has 1 aliphatic heterocycles. The fraction of sp³-hybridized carbons (Fsp3) is 0.200. The Bertz CT molecular complexity index is 620. The Morgan fingerprint density at radius 3 is 3.06 bits per heavy atom. The van der Waals surface area contributed by atoms with Crippen molar-refractivity contribution in [1.29, 1.82) is 0 Å². The van der Waals surface area contributed by atoms with Gasteiger partial charge < -0.3 is 4.74 Å². The van der Waals surface area contributed by atoms with Gasteiger partial charge in [0, 0.05) is 29.9 Å². The summed E-state index contributed by atoms with van der Waals surface area (Å²) < 4.78 is 5.44. The number of carbonyl (C=O) groups is 1. The molecule has 18 heavy (non-hydrogen) atoms. The van der Waals surface area contributed by atoms with Crippen molar-refractivity contribution < 1.29 is 9.53 Å². The van der Waals surface area contributed by atoms with Gasteiger partial charge in [-0.3, -0.25) is 9.78 Å². The molecule has 0 spiro atoms. The summed E-state index contributed by atoms with van der Waals surface area (Å²) in [5, 5.41) is 0. The molecule has 2 heterocycles. The highest BCUT2D eigenvalue weighted by Crippen LogP contribution is 2.27. The maximum absolute atomic E-state index is 12.4. The Morgan fingerprint density at radius 1 is 1.33 bits per heavy atom. The van der Waals surface area contributed by atoms with Crippen LogP contribution < -0.4 is 4.74 Å². The van der Waals surface area contributed by atoms with E-state index in [0.717, 1.165) is 23.3 Å². The molecule has 0 radical (unpaired) electrons. The second-order valence-corrected chi connectivity index (χ2v) is 4.44. The summed E-state index contributed by atoms with van der Waals surface area (Å²) in [6.07, 6.45) is 4.24. The van der Waals surface area contributed by atoms with Crippen LogP contribution in [0.25, 0.3) is 0 Å². The van der Waals surface area contributed by atoms with Crippen molar-refractivity contribution in [3.63, 3.8) is 0 Å². The van der Waals surface area contributed by atoms with E-state index >= 15 is 0 Å². The third-order valence-electron chi connectivity index (χ3n) is 3.22. The molecule has 3 nitrogen and oxygen atoms in total. The zero-order valence-corrected chi connectivity index (χ0v) is 10.1. The molecule has 1 aromatic heterocycles. The fourth-order valence-electron chi connectivity index (χ4n) is 2.21. The van der Waals surface area contributed by atoms with Gasteiger partial charge in [0.25, 0.3) is 0 Å². The molecule has 0 amide bonds. The van der Waals surface area contributed by atoms with Gasteiger partial charge in [0.1, 0.15) is 5.75 Å². The van der Waals surface area contributed by atoms with Gasteiger partial charge in [0.15, 0.2) is 5.78 Å². The lowest BCUT2D eigenvalue weighted by atomic mass is 9.98. The van der Waals surface area contributed by atoms with Crippen LogP contribution in [0.3, 0.4) is 0 Å². The Kier molecular flexibility index (Phi) is 2.59. The predicted molar refractivity (Wildman–Crippen MR) is 68.0 cm³/mol. The Labute approximate surface area is 105 Å². The van der Waals surface area contributed by atoms with Crippen molar-refractivity contribution in [2.24, 2.45) is 0 Å². The molecular weight excluding hydrogens is 226 g/mol. The summed E-state index contributed by atoms with van der Waals surface area (Å²) in [6, 6.07) is 7.41. The van der Waals surface area contributed by atoms with Gasteiger partial charge in [0.05, 0.1) is 6.61 Å².